The zero-order valence-corrected chi connectivity index (χ0v) is 18.1. The molecule has 1 atom stereocenters. The largest absolute Gasteiger partial charge is 0.333 e. The number of piperazine rings is 1. The van der Waals surface area contributed by atoms with E-state index in [2.05, 4.69) is 16.7 Å². The molecule has 1 heterocycles. The molecule has 7 heteroatoms. The summed E-state index contributed by atoms with van der Waals surface area (Å²) >= 11 is 0. The van der Waals surface area contributed by atoms with Crippen molar-refractivity contribution in [3.8, 4) is 0 Å². The highest BCUT2D eigenvalue weighted by molar-refractivity contribution is 7.89. The zero-order valence-electron chi connectivity index (χ0n) is 17.3. The summed E-state index contributed by atoms with van der Waals surface area (Å²) in [5, 5.41) is 0. The molecule has 0 aliphatic carbocycles. The average Bonchev–Trinajstić information content (AvgIpc) is 2.70. The molecule has 0 aromatic heterocycles. The summed E-state index contributed by atoms with van der Waals surface area (Å²) < 4.78 is 27.9. The minimum absolute atomic E-state index is 0.0157. The van der Waals surface area contributed by atoms with Gasteiger partial charge in [-0.2, -0.15) is 0 Å². The van der Waals surface area contributed by atoms with Crippen LogP contribution in [0.3, 0.4) is 0 Å². The van der Waals surface area contributed by atoms with E-state index < -0.39 is 10.0 Å². The fraction of sp³-hybridized carbons (Fsp3) is 0.409. The highest BCUT2D eigenvalue weighted by atomic mass is 32.2. The molecule has 1 aliphatic heterocycles. The zero-order chi connectivity index (χ0) is 21.0. The van der Waals surface area contributed by atoms with Crippen LogP contribution in [0.15, 0.2) is 53.4 Å². The Balaban J connectivity index is 1.65. The fourth-order valence-corrected chi connectivity index (χ4v) is 5.05. The third-order valence-electron chi connectivity index (χ3n) is 5.35. The Bertz CT molecular complexity index is 961. The standard InChI is InChI=1S/C22H29N3O3S/c1-17-9-10-18(2)21(15-17)29(27,28)23-12-11-22(26)25-14-13-24(3)16-20(25)19-7-5-4-6-8-19/h4-10,15,20,23H,11-14,16H2,1-3H3. The number of aryl methyl sites for hydroxylation is 2. The molecule has 29 heavy (non-hydrogen) atoms. The molecular formula is C22H29N3O3S. The second-order valence-electron chi connectivity index (χ2n) is 7.69. The van der Waals surface area contributed by atoms with Gasteiger partial charge in [0.05, 0.1) is 10.9 Å². The third kappa shape index (κ3) is 5.23. The normalized spacial score (nSPS) is 18.0. The van der Waals surface area contributed by atoms with Gasteiger partial charge in [0.1, 0.15) is 0 Å². The molecule has 1 N–H and O–H groups in total. The van der Waals surface area contributed by atoms with Gasteiger partial charge in [0.25, 0.3) is 0 Å². The lowest BCUT2D eigenvalue weighted by Gasteiger charge is -2.40. The van der Waals surface area contributed by atoms with Gasteiger partial charge in [0.2, 0.25) is 15.9 Å². The van der Waals surface area contributed by atoms with Crippen LogP contribution in [-0.2, 0) is 14.8 Å². The highest BCUT2D eigenvalue weighted by Gasteiger charge is 2.30. The summed E-state index contributed by atoms with van der Waals surface area (Å²) in [4.78, 5) is 17.3. The van der Waals surface area contributed by atoms with Crippen molar-refractivity contribution < 1.29 is 13.2 Å². The van der Waals surface area contributed by atoms with Crippen molar-refractivity contribution in [2.75, 3.05) is 33.2 Å². The van der Waals surface area contributed by atoms with Crippen LogP contribution in [0.1, 0.15) is 29.2 Å². The van der Waals surface area contributed by atoms with Gasteiger partial charge in [-0.05, 0) is 43.7 Å². The molecule has 1 unspecified atom stereocenters. The molecule has 1 fully saturated rings. The Labute approximate surface area is 173 Å². The van der Waals surface area contributed by atoms with E-state index in [0.717, 1.165) is 24.2 Å². The molecule has 0 bridgehead atoms. The lowest BCUT2D eigenvalue weighted by molar-refractivity contribution is -0.136. The molecule has 2 aromatic rings. The molecular weight excluding hydrogens is 386 g/mol. The van der Waals surface area contributed by atoms with Crippen molar-refractivity contribution in [1.82, 2.24) is 14.5 Å². The van der Waals surface area contributed by atoms with Gasteiger partial charge in [-0.1, -0.05) is 42.5 Å². The van der Waals surface area contributed by atoms with E-state index in [4.69, 9.17) is 0 Å². The van der Waals surface area contributed by atoms with Gasteiger partial charge in [0.15, 0.2) is 0 Å². The van der Waals surface area contributed by atoms with Crippen LogP contribution in [0.2, 0.25) is 0 Å². The number of nitrogens with zero attached hydrogens (tertiary/aromatic N) is 2. The van der Waals surface area contributed by atoms with E-state index in [0.29, 0.717) is 12.1 Å². The monoisotopic (exact) mass is 415 g/mol. The van der Waals surface area contributed by atoms with Gasteiger partial charge in [-0.25, -0.2) is 13.1 Å². The third-order valence-corrected chi connectivity index (χ3v) is 6.96. The van der Waals surface area contributed by atoms with E-state index in [1.807, 2.05) is 48.2 Å². The first-order valence-electron chi connectivity index (χ1n) is 9.88. The number of sulfonamides is 1. The Hall–Kier alpha value is -2.22. The van der Waals surface area contributed by atoms with E-state index in [9.17, 15) is 13.2 Å². The van der Waals surface area contributed by atoms with Crippen LogP contribution in [-0.4, -0.2) is 57.4 Å². The minimum Gasteiger partial charge on any atom is -0.333 e. The Morgan fingerprint density at radius 2 is 1.83 bits per heavy atom. The quantitative estimate of drug-likeness (QED) is 0.787. The summed E-state index contributed by atoms with van der Waals surface area (Å²) in [6.07, 6.45) is 0.136. The first-order chi connectivity index (χ1) is 13.8. The van der Waals surface area contributed by atoms with Crippen molar-refractivity contribution in [1.29, 1.82) is 0 Å². The summed E-state index contributed by atoms with van der Waals surface area (Å²) in [6.45, 7) is 5.93. The maximum atomic E-state index is 12.9. The topological polar surface area (TPSA) is 69.7 Å². The summed E-state index contributed by atoms with van der Waals surface area (Å²) in [6, 6.07) is 15.3. The van der Waals surface area contributed by atoms with Crippen LogP contribution in [0.4, 0.5) is 0 Å². The molecule has 1 aliphatic rings. The van der Waals surface area contributed by atoms with Crippen LogP contribution in [0.5, 0.6) is 0 Å². The lowest BCUT2D eigenvalue weighted by atomic mass is 10.0. The highest BCUT2D eigenvalue weighted by Crippen LogP contribution is 2.25. The first kappa shape index (κ1) is 21.5. The molecule has 0 radical (unpaired) electrons. The van der Waals surface area contributed by atoms with Gasteiger partial charge in [0, 0.05) is 32.6 Å². The number of nitrogens with one attached hydrogen (secondary N) is 1. The number of hydrogen-bond donors (Lipinski definition) is 1. The van der Waals surface area contributed by atoms with Gasteiger partial charge >= 0.3 is 0 Å². The molecule has 6 nitrogen and oxygen atoms in total. The van der Waals surface area contributed by atoms with Crippen LogP contribution >= 0.6 is 0 Å². The molecule has 0 saturated carbocycles. The maximum absolute atomic E-state index is 12.9. The van der Waals surface area contributed by atoms with E-state index >= 15 is 0 Å². The number of rotatable bonds is 6. The molecule has 1 amide bonds. The number of hydrogen-bond acceptors (Lipinski definition) is 4. The number of amides is 1. The molecule has 0 spiro atoms. The Kier molecular flexibility index (Phi) is 6.72. The van der Waals surface area contributed by atoms with Crippen molar-refractivity contribution in [2.45, 2.75) is 31.2 Å². The van der Waals surface area contributed by atoms with E-state index in [1.165, 1.54) is 0 Å². The van der Waals surface area contributed by atoms with Crippen molar-refractivity contribution in [2.24, 2.45) is 0 Å². The Morgan fingerprint density at radius 1 is 1.10 bits per heavy atom. The number of carbonyl (C=O) groups excluding carboxylic acids is 1. The predicted octanol–water partition coefficient (Wildman–Crippen LogP) is 2.49. The van der Waals surface area contributed by atoms with Gasteiger partial charge in [-0.3, -0.25) is 4.79 Å². The smallest absolute Gasteiger partial charge is 0.240 e. The second kappa shape index (κ2) is 9.07. The Morgan fingerprint density at radius 3 is 2.55 bits per heavy atom. The SMILES string of the molecule is Cc1ccc(C)c(S(=O)(=O)NCCC(=O)N2CCN(C)CC2c2ccccc2)c1. The lowest BCUT2D eigenvalue weighted by Crippen LogP contribution is -2.49. The molecule has 2 aromatic carbocycles. The van der Waals surface area contributed by atoms with Crippen molar-refractivity contribution >= 4 is 15.9 Å². The summed E-state index contributed by atoms with van der Waals surface area (Å²) in [5.74, 6) is -0.0318. The van der Waals surface area contributed by atoms with Crippen molar-refractivity contribution in [3.63, 3.8) is 0 Å². The molecule has 3 rings (SSSR count). The van der Waals surface area contributed by atoms with Gasteiger partial charge in [-0.15, -0.1) is 0 Å². The van der Waals surface area contributed by atoms with Crippen LogP contribution < -0.4 is 4.72 Å². The van der Waals surface area contributed by atoms with Crippen molar-refractivity contribution in [3.05, 3.63) is 65.2 Å². The van der Waals surface area contributed by atoms with E-state index in [-0.39, 0.29) is 29.8 Å². The number of likely N-dealkylation sites (N-methyl/N-ethyl adjacent to an activating group) is 1. The minimum atomic E-state index is -3.64. The van der Waals surface area contributed by atoms with E-state index in [1.54, 1.807) is 19.1 Å². The predicted molar refractivity (Wildman–Crippen MR) is 114 cm³/mol. The number of benzene rings is 2. The molecule has 1 saturated heterocycles. The van der Waals surface area contributed by atoms with Crippen LogP contribution in [0.25, 0.3) is 0 Å². The first-order valence-corrected chi connectivity index (χ1v) is 11.4. The van der Waals surface area contributed by atoms with Crippen LogP contribution in [0, 0.1) is 13.8 Å². The van der Waals surface area contributed by atoms with Gasteiger partial charge < -0.3 is 9.80 Å². The summed E-state index contributed by atoms with van der Waals surface area (Å²) in [5.41, 5.74) is 2.68. The second-order valence-corrected chi connectivity index (χ2v) is 9.43. The summed E-state index contributed by atoms with van der Waals surface area (Å²) in [7, 11) is -1.59. The number of carbonyl (C=O) groups is 1. The average molecular weight is 416 g/mol. The molecule has 156 valence electrons. The maximum Gasteiger partial charge on any atom is 0.240 e. The fourth-order valence-electron chi connectivity index (χ4n) is 3.69.